The van der Waals surface area contributed by atoms with Gasteiger partial charge in [0, 0.05) is 6.07 Å². The van der Waals surface area contributed by atoms with Crippen molar-refractivity contribution in [1.82, 2.24) is 0 Å². The fourth-order valence-electron chi connectivity index (χ4n) is 2.12. The number of amides is 1. The van der Waals surface area contributed by atoms with Gasteiger partial charge in [-0.3, -0.25) is 9.69 Å². The van der Waals surface area contributed by atoms with E-state index in [-0.39, 0.29) is 12.1 Å². The number of carbonyl (C=O) groups excluding carboxylic acids is 1. The molecule has 5 nitrogen and oxygen atoms in total. The van der Waals surface area contributed by atoms with Gasteiger partial charge >= 0.3 is 5.97 Å². The number of benzene rings is 1. The molecular formula is C13H14FNO4. The van der Waals surface area contributed by atoms with Gasteiger partial charge in [-0.05, 0) is 25.5 Å². The van der Waals surface area contributed by atoms with Gasteiger partial charge in [0.15, 0.2) is 6.10 Å². The largest absolute Gasteiger partial charge is 0.480 e. The predicted octanol–water partition coefficient (Wildman–Crippen LogP) is 1.80. The Hall–Kier alpha value is -2.11. The smallest absolute Gasteiger partial charge is 0.326 e. The molecule has 2 atom stereocenters. The molecule has 102 valence electrons. The lowest BCUT2D eigenvalue weighted by Gasteiger charge is -2.36. The van der Waals surface area contributed by atoms with Gasteiger partial charge in [0.2, 0.25) is 0 Å². The lowest BCUT2D eigenvalue weighted by Crippen LogP contribution is -2.52. The van der Waals surface area contributed by atoms with Gasteiger partial charge in [-0.2, -0.15) is 0 Å². The number of anilines is 1. The number of carboxylic acids is 1. The average Bonchev–Trinajstić information content (AvgIpc) is 2.35. The van der Waals surface area contributed by atoms with Gasteiger partial charge in [0.25, 0.3) is 5.91 Å². The fourth-order valence-corrected chi connectivity index (χ4v) is 2.12. The molecule has 1 heterocycles. The molecule has 2 unspecified atom stereocenters. The summed E-state index contributed by atoms with van der Waals surface area (Å²) >= 11 is 0. The molecule has 1 aromatic carbocycles. The van der Waals surface area contributed by atoms with Crippen molar-refractivity contribution in [1.29, 1.82) is 0 Å². The molecule has 0 saturated carbocycles. The first-order chi connectivity index (χ1) is 8.95. The van der Waals surface area contributed by atoms with Gasteiger partial charge in [-0.1, -0.05) is 6.92 Å². The van der Waals surface area contributed by atoms with Crippen LogP contribution in [0.5, 0.6) is 5.75 Å². The zero-order valence-corrected chi connectivity index (χ0v) is 10.6. The molecule has 0 saturated heterocycles. The minimum atomic E-state index is -1.12. The number of nitrogens with zero attached hydrogens (tertiary/aromatic N) is 1. The summed E-state index contributed by atoms with van der Waals surface area (Å²) in [5, 5.41) is 9.20. The second-order valence-corrected chi connectivity index (χ2v) is 4.34. The monoisotopic (exact) mass is 267 g/mol. The number of carbonyl (C=O) groups is 2. The summed E-state index contributed by atoms with van der Waals surface area (Å²) in [6, 6.07) is 2.70. The first-order valence-electron chi connectivity index (χ1n) is 5.97. The Balaban J connectivity index is 2.55. The Morgan fingerprint density at radius 3 is 2.84 bits per heavy atom. The van der Waals surface area contributed by atoms with E-state index in [1.165, 1.54) is 19.1 Å². The topological polar surface area (TPSA) is 66.8 Å². The molecule has 1 amide bonds. The SMILES string of the molecule is CCC(C(=O)O)N1C(=O)C(C)Oc2ccc(F)cc21. The van der Waals surface area contributed by atoms with Crippen LogP contribution in [0.2, 0.25) is 0 Å². The van der Waals surface area contributed by atoms with Crippen LogP contribution in [0.25, 0.3) is 0 Å². The van der Waals surface area contributed by atoms with Crippen molar-refractivity contribution in [2.45, 2.75) is 32.4 Å². The average molecular weight is 267 g/mol. The number of rotatable bonds is 3. The Labute approximate surface area is 109 Å². The second kappa shape index (κ2) is 4.87. The Morgan fingerprint density at radius 1 is 1.58 bits per heavy atom. The van der Waals surface area contributed by atoms with Crippen LogP contribution in [0.15, 0.2) is 18.2 Å². The lowest BCUT2D eigenvalue weighted by atomic mass is 10.1. The quantitative estimate of drug-likeness (QED) is 0.906. The van der Waals surface area contributed by atoms with Crippen molar-refractivity contribution < 1.29 is 23.8 Å². The van der Waals surface area contributed by atoms with E-state index in [0.717, 1.165) is 11.0 Å². The fraction of sp³-hybridized carbons (Fsp3) is 0.385. The standard InChI is InChI=1S/C13H14FNO4/c1-3-9(13(17)18)15-10-6-8(14)4-5-11(10)19-7(2)12(15)16/h4-7,9H,3H2,1-2H3,(H,17,18). The van der Waals surface area contributed by atoms with Gasteiger partial charge in [0.05, 0.1) is 5.69 Å². The van der Waals surface area contributed by atoms with E-state index in [0.29, 0.717) is 5.75 Å². The van der Waals surface area contributed by atoms with E-state index in [9.17, 15) is 19.1 Å². The maximum atomic E-state index is 13.3. The first-order valence-corrected chi connectivity index (χ1v) is 5.97. The van der Waals surface area contributed by atoms with Crippen molar-refractivity contribution in [2.75, 3.05) is 4.90 Å². The molecule has 19 heavy (non-hydrogen) atoms. The molecule has 1 aliphatic heterocycles. The van der Waals surface area contributed by atoms with E-state index in [2.05, 4.69) is 0 Å². The van der Waals surface area contributed by atoms with Crippen molar-refractivity contribution in [2.24, 2.45) is 0 Å². The molecule has 1 aliphatic rings. The third-order valence-electron chi connectivity index (χ3n) is 3.05. The molecule has 0 radical (unpaired) electrons. The molecular weight excluding hydrogens is 253 g/mol. The molecule has 0 spiro atoms. The summed E-state index contributed by atoms with van der Waals surface area (Å²) in [5.74, 6) is -1.84. The highest BCUT2D eigenvalue weighted by Crippen LogP contribution is 2.36. The van der Waals surface area contributed by atoms with Gasteiger partial charge < -0.3 is 9.84 Å². The maximum Gasteiger partial charge on any atom is 0.326 e. The van der Waals surface area contributed by atoms with E-state index in [1.54, 1.807) is 6.92 Å². The molecule has 2 rings (SSSR count). The molecule has 1 aromatic rings. The number of halogens is 1. The zero-order chi connectivity index (χ0) is 14.2. The van der Waals surface area contributed by atoms with Crippen molar-refractivity contribution in [3.8, 4) is 5.75 Å². The summed E-state index contributed by atoms with van der Waals surface area (Å²) in [6.07, 6.45) is -0.560. The van der Waals surface area contributed by atoms with Crippen LogP contribution < -0.4 is 9.64 Å². The van der Waals surface area contributed by atoms with Crippen molar-refractivity contribution in [3.05, 3.63) is 24.0 Å². The highest BCUT2D eigenvalue weighted by Gasteiger charge is 2.38. The first kappa shape index (κ1) is 13.3. The lowest BCUT2D eigenvalue weighted by molar-refractivity contribution is -0.141. The number of ether oxygens (including phenoxy) is 1. The van der Waals surface area contributed by atoms with E-state index < -0.39 is 29.8 Å². The predicted molar refractivity (Wildman–Crippen MR) is 65.7 cm³/mol. The van der Waals surface area contributed by atoms with E-state index in [4.69, 9.17) is 4.74 Å². The van der Waals surface area contributed by atoms with Gasteiger partial charge in [-0.15, -0.1) is 0 Å². The summed E-state index contributed by atoms with van der Waals surface area (Å²) in [6.45, 7) is 3.20. The third kappa shape index (κ3) is 2.25. The Bertz CT molecular complexity index is 531. The zero-order valence-electron chi connectivity index (χ0n) is 10.6. The van der Waals surface area contributed by atoms with E-state index in [1.807, 2.05) is 0 Å². The molecule has 0 aliphatic carbocycles. The van der Waals surface area contributed by atoms with Crippen LogP contribution in [0.4, 0.5) is 10.1 Å². The molecule has 6 heteroatoms. The number of hydrogen-bond donors (Lipinski definition) is 1. The summed E-state index contributed by atoms with van der Waals surface area (Å²) in [7, 11) is 0. The van der Waals surface area contributed by atoms with Crippen LogP contribution in [-0.2, 0) is 9.59 Å². The van der Waals surface area contributed by atoms with Gasteiger partial charge in [-0.25, -0.2) is 9.18 Å². The number of fused-ring (bicyclic) bond motifs is 1. The van der Waals surface area contributed by atoms with Crippen LogP contribution in [-0.4, -0.2) is 29.1 Å². The van der Waals surface area contributed by atoms with E-state index >= 15 is 0 Å². The molecule has 0 bridgehead atoms. The van der Waals surface area contributed by atoms with Crippen LogP contribution >= 0.6 is 0 Å². The Morgan fingerprint density at radius 2 is 2.26 bits per heavy atom. The van der Waals surface area contributed by atoms with Crippen LogP contribution in [0.1, 0.15) is 20.3 Å². The minimum Gasteiger partial charge on any atom is -0.480 e. The van der Waals surface area contributed by atoms with Crippen molar-refractivity contribution >= 4 is 17.6 Å². The summed E-state index contributed by atoms with van der Waals surface area (Å²) in [5.41, 5.74) is 0.164. The summed E-state index contributed by atoms with van der Waals surface area (Å²) < 4.78 is 18.7. The molecule has 1 N–H and O–H groups in total. The van der Waals surface area contributed by atoms with Gasteiger partial charge in [0.1, 0.15) is 17.6 Å². The Kier molecular flexibility index (Phi) is 3.42. The van der Waals surface area contributed by atoms with Crippen molar-refractivity contribution in [3.63, 3.8) is 0 Å². The highest BCUT2D eigenvalue weighted by molar-refractivity contribution is 6.04. The minimum absolute atomic E-state index is 0.164. The number of carboxylic acid groups (broad SMARTS) is 1. The third-order valence-corrected chi connectivity index (χ3v) is 3.05. The molecule has 0 aromatic heterocycles. The number of hydrogen-bond acceptors (Lipinski definition) is 3. The number of aliphatic carboxylic acids is 1. The maximum absolute atomic E-state index is 13.3. The summed E-state index contributed by atoms with van der Waals surface area (Å²) in [4.78, 5) is 24.5. The second-order valence-electron chi connectivity index (χ2n) is 4.34. The van der Waals surface area contributed by atoms with Crippen LogP contribution in [0.3, 0.4) is 0 Å². The highest BCUT2D eigenvalue weighted by atomic mass is 19.1. The van der Waals surface area contributed by atoms with Crippen LogP contribution in [0, 0.1) is 5.82 Å². The molecule has 0 fully saturated rings. The normalized spacial score (nSPS) is 19.6.